The maximum Gasteiger partial charge on any atom is 0.341 e. The maximum absolute atomic E-state index is 12.7. The first kappa shape index (κ1) is 14.2. The van der Waals surface area contributed by atoms with Crippen molar-refractivity contribution in [3.05, 3.63) is 24.3 Å². The number of halogens is 2. The van der Waals surface area contributed by atoms with Crippen molar-refractivity contribution < 1.29 is 22.3 Å². The topological polar surface area (TPSA) is 57.6 Å². The van der Waals surface area contributed by atoms with E-state index in [4.69, 9.17) is 5.11 Å². The molecule has 0 atom stereocenters. The van der Waals surface area contributed by atoms with Crippen LogP contribution in [0.1, 0.15) is 12.8 Å². The van der Waals surface area contributed by atoms with Gasteiger partial charge in [0.2, 0.25) is 9.84 Å². The number of hydrogen-bond acceptors (Lipinski definition) is 4. The van der Waals surface area contributed by atoms with E-state index in [0.717, 1.165) is 12.8 Å². The summed E-state index contributed by atoms with van der Waals surface area (Å²) in [6.45, 7) is 0.0833. The highest BCUT2D eigenvalue weighted by Gasteiger charge is 2.35. The Hall–Kier alpha value is -1.21. The van der Waals surface area contributed by atoms with Gasteiger partial charge in [0.1, 0.15) is 0 Å². The van der Waals surface area contributed by atoms with Crippen molar-refractivity contribution in [2.24, 2.45) is 0 Å². The smallest absolute Gasteiger partial charge is 0.341 e. The second-order valence-corrected chi connectivity index (χ2v) is 6.31. The van der Waals surface area contributed by atoms with Gasteiger partial charge in [-0.15, -0.1) is 0 Å². The third kappa shape index (κ3) is 2.87. The summed E-state index contributed by atoms with van der Waals surface area (Å²) in [7, 11) is -4.63. The molecule has 0 unspecified atom stereocenters. The molecule has 0 aliphatic heterocycles. The number of anilines is 1. The molecule has 1 saturated carbocycles. The monoisotopic (exact) mass is 291 g/mol. The van der Waals surface area contributed by atoms with E-state index in [1.54, 1.807) is 11.0 Å². The van der Waals surface area contributed by atoms with Crippen LogP contribution in [0.5, 0.6) is 0 Å². The van der Waals surface area contributed by atoms with Gasteiger partial charge >= 0.3 is 5.76 Å². The summed E-state index contributed by atoms with van der Waals surface area (Å²) in [5.41, 5.74) is 0.249. The fourth-order valence-corrected chi connectivity index (χ4v) is 2.96. The number of para-hydroxylation sites is 1. The number of alkyl halides is 2. The van der Waals surface area contributed by atoms with Gasteiger partial charge in [0.25, 0.3) is 0 Å². The highest BCUT2D eigenvalue weighted by molar-refractivity contribution is 7.91. The molecule has 7 heteroatoms. The van der Waals surface area contributed by atoms with Crippen molar-refractivity contribution >= 4 is 15.5 Å². The van der Waals surface area contributed by atoms with Crippen molar-refractivity contribution in [3.63, 3.8) is 0 Å². The van der Waals surface area contributed by atoms with Crippen LogP contribution in [0, 0.1) is 0 Å². The van der Waals surface area contributed by atoms with Crippen molar-refractivity contribution in [2.45, 2.75) is 29.5 Å². The summed E-state index contributed by atoms with van der Waals surface area (Å²) in [5.74, 6) is -3.44. The molecule has 1 aromatic carbocycles. The van der Waals surface area contributed by atoms with Crippen LogP contribution in [-0.2, 0) is 9.84 Å². The molecule has 106 valence electrons. The Kier molecular flexibility index (Phi) is 4.05. The maximum atomic E-state index is 12.7. The Balaban J connectivity index is 2.46. The first-order chi connectivity index (χ1) is 8.98. The lowest BCUT2D eigenvalue weighted by Gasteiger charge is -2.26. The Morgan fingerprint density at radius 1 is 1.32 bits per heavy atom. The van der Waals surface area contributed by atoms with Crippen LogP contribution < -0.4 is 4.90 Å². The van der Waals surface area contributed by atoms with Crippen LogP contribution in [0.15, 0.2) is 29.2 Å². The molecule has 19 heavy (non-hydrogen) atoms. The van der Waals surface area contributed by atoms with Gasteiger partial charge in [-0.3, -0.25) is 0 Å². The molecule has 1 N–H and O–H groups in total. The lowest BCUT2D eigenvalue weighted by Crippen LogP contribution is -2.30. The zero-order valence-electron chi connectivity index (χ0n) is 10.2. The van der Waals surface area contributed by atoms with Gasteiger partial charge in [0, 0.05) is 12.6 Å². The second-order valence-electron chi connectivity index (χ2n) is 4.42. The van der Waals surface area contributed by atoms with E-state index in [2.05, 4.69) is 0 Å². The highest BCUT2D eigenvalue weighted by Crippen LogP contribution is 2.36. The SMILES string of the molecule is O=S(=O)(c1ccccc1N(CCO)C1CC1)C(F)F. The highest BCUT2D eigenvalue weighted by atomic mass is 32.2. The Labute approximate surface area is 110 Å². The molecule has 1 aliphatic rings. The lowest BCUT2D eigenvalue weighted by molar-refractivity contribution is 0.234. The summed E-state index contributed by atoms with van der Waals surface area (Å²) in [4.78, 5) is 1.32. The number of sulfone groups is 1. The van der Waals surface area contributed by atoms with E-state index in [9.17, 15) is 17.2 Å². The Morgan fingerprint density at radius 2 is 1.95 bits per heavy atom. The van der Waals surface area contributed by atoms with Gasteiger partial charge in [0.05, 0.1) is 17.2 Å². The van der Waals surface area contributed by atoms with Crippen LogP contribution in [0.4, 0.5) is 14.5 Å². The van der Waals surface area contributed by atoms with E-state index in [1.165, 1.54) is 18.2 Å². The molecular weight excluding hydrogens is 276 g/mol. The van der Waals surface area contributed by atoms with Crippen LogP contribution >= 0.6 is 0 Å². The molecule has 0 heterocycles. The third-order valence-electron chi connectivity index (χ3n) is 3.04. The first-order valence-corrected chi connectivity index (χ1v) is 7.51. The molecule has 0 bridgehead atoms. The normalized spacial score (nSPS) is 15.8. The van der Waals surface area contributed by atoms with Gasteiger partial charge in [-0.2, -0.15) is 8.78 Å². The summed E-state index contributed by atoms with van der Waals surface area (Å²) < 4.78 is 48.7. The van der Waals surface area contributed by atoms with Crippen LogP contribution in [-0.4, -0.2) is 38.5 Å². The number of rotatable bonds is 6. The number of benzene rings is 1. The molecule has 1 aromatic rings. The first-order valence-electron chi connectivity index (χ1n) is 5.97. The average molecular weight is 291 g/mol. The van der Waals surface area contributed by atoms with Crippen LogP contribution in [0.2, 0.25) is 0 Å². The summed E-state index contributed by atoms with van der Waals surface area (Å²) in [5, 5.41) is 9.04. The summed E-state index contributed by atoms with van der Waals surface area (Å²) in [6, 6.07) is 5.84. The van der Waals surface area contributed by atoms with Crippen molar-refractivity contribution in [1.82, 2.24) is 0 Å². The molecular formula is C12H15F2NO3S. The third-order valence-corrected chi connectivity index (χ3v) is 4.47. The van der Waals surface area contributed by atoms with Crippen LogP contribution in [0.25, 0.3) is 0 Å². The minimum atomic E-state index is -4.63. The van der Waals surface area contributed by atoms with Gasteiger partial charge in [-0.25, -0.2) is 8.42 Å². The Morgan fingerprint density at radius 3 is 2.47 bits per heavy atom. The largest absolute Gasteiger partial charge is 0.395 e. The van der Waals surface area contributed by atoms with E-state index in [0.29, 0.717) is 0 Å². The zero-order chi connectivity index (χ0) is 14.0. The molecule has 1 fully saturated rings. The average Bonchev–Trinajstić information content (AvgIpc) is 3.20. The molecule has 0 aromatic heterocycles. The molecule has 2 rings (SSSR count). The zero-order valence-corrected chi connectivity index (χ0v) is 11.0. The summed E-state index contributed by atoms with van der Waals surface area (Å²) in [6.07, 6.45) is 1.76. The van der Waals surface area contributed by atoms with Crippen molar-refractivity contribution in [1.29, 1.82) is 0 Å². The molecule has 0 saturated heterocycles. The predicted molar refractivity (Wildman–Crippen MR) is 67.1 cm³/mol. The fourth-order valence-electron chi connectivity index (χ4n) is 2.02. The molecule has 1 aliphatic carbocycles. The van der Waals surface area contributed by atoms with Crippen LogP contribution in [0.3, 0.4) is 0 Å². The lowest BCUT2D eigenvalue weighted by atomic mass is 10.2. The molecule has 0 amide bonds. The van der Waals surface area contributed by atoms with E-state index >= 15 is 0 Å². The van der Waals surface area contributed by atoms with E-state index < -0.39 is 15.6 Å². The minimum Gasteiger partial charge on any atom is -0.395 e. The van der Waals surface area contributed by atoms with Crippen molar-refractivity contribution in [3.8, 4) is 0 Å². The van der Waals surface area contributed by atoms with E-state index in [-0.39, 0.29) is 29.8 Å². The molecule has 0 radical (unpaired) electrons. The fraction of sp³-hybridized carbons (Fsp3) is 0.500. The number of aliphatic hydroxyl groups is 1. The molecule has 0 spiro atoms. The summed E-state index contributed by atoms with van der Waals surface area (Å²) >= 11 is 0. The van der Waals surface area contributed by atoms with E-state index in [1.807, 2.05) is 0 Å². The van der Waals surface area contributed by atoms with Crippen molar-refractivity contribution in [2.75, 3.05) is 18.1 Å². The van der Waals surface area contributed by atoms with Gasteiger partial charge in [-0.05, 0) is 25.0 Å². The minimum absolute atomic E-state index is 0.126. The molecule has 4 nitrogen and oxygen atoms in total. The number of hydrogen-bond donors (Lipinski definition) is 1. The second kappa shape index (κ2) is 5.42. The number of aliphatic hydroxyl groups excluding tert-OH is 1. The number of nitrogens with zero attached hydrogens (tertiary/aromatic N) is 1. The standard InChI is InChI=1S/C12H15F2NO3S/c13-12(14)19(17,18)11-4-2-1-3-10(11)15(7-8-16)9-5-6-9/h1-4,9,12,16H,5-8H2. The van der Waals surface area contributed by atoms with Gasteiger partial charge < -0.3 is 10.0 Å². The predicted octanol–water partition coefficient (Wildman–Crippen LogP) is 1.64. The Bertz CT molecular complexity index is 544. The van der Waals surface area contributed by atoms with Gasteiger partial charge in [-0.1, -0.05) is 12.1 Å². The van der Waals surface area contributed by atoms with Gasteiger partial charge in [0.15, 0.2) is 0 Å². The quantitative estimate of drug-likeness (QED) is 0.865.